The summed E-state index contributed by atoms with van der Waals surface area (Å²) in [6, 6.07) is 6.07. The maximum Gasteiger partial charge on any atom is 0.160 e. The molecule has 0 aromatic carbocycles. The maximum atomic E-state index is 13.7. The van der Waals surface area contributed by atoms with Crippen LogP contribution in [0.2, 0.25) is 25.7 Å². The lowest BCUT2D eigenvalue weighted by Gasteiger charge is -2.25. The first-order valence-corrected chi connectivity index (χ1v) is 16.1. The minimum absolute atomic E-state index is 0.332. The Morgan fingerprint density at radius 2 is 2.00 bits per heavy atom. The summed E-state index contributed by atoms with van der Waals surface area (Å²) in [6.45, 7) is 11.3. The molecule has 0 radical (unpaired) electrons. The second kappa shape index (κ2) is 10.0. The van der Waals surface area contributed by atoms with Crippen LogP contribution in [0.15, 0.2) is 36.8 Å². The molecule has 9 nitrogen and oxygen atoms in total. The van der Waals surface area contributed by atoms with E-state index in [9.17, 15) is 4.39 Å². The molecule has 5 heterocycles. The molecular weight excluding hydrogens is 491 g/mol. The first-order chi connectivity index (χ1) is 17.7. The highest BCUT2D eigenvalue weighted by Gasteiger charge is 2.33. The summed E-state index contributed by atoms with van der Waals surface area (Å²) in [5.41, 5.74) is 4.08. The summed E-state index contributed by atoms with van der Waals surface area (Å²) in [6.07, 6.45) is 4.78. The van der Waals surface area contributed by atoms with E-state index in [2.05, 4.69) is 34.7 Å². The average Bonchev–Trinajstić information content (AvgIpc) is 3.38. The molecule has 1 atom stereocenters. The molecule has 0 spiro atoms. The van der Waals surface area contributed by atoms with Gasteiger partial charge in [-0.2, -0.15) is 10.2 Å². The van der Waals surface area contributed by atoms with Gasteiger partial charge in [0.1, 0.15) is 23.8 Å². The number of hydrogen-bond donors (Lipinski definition) is 0. The van der Waals surface area contributed by atoms with Crippen LogP contribution in [0.5, 0.6) is 0 Å². The fraction of sp³-hybridized carbons (Fsp3) is 0.462. The fourth-order valence-electron chi connectivity index (χ4n) is 4.42. The summed E-state index contributed by atoms with van der Waals surface area (Å²) < 4.78 is 35.1. The minimum Gasteiger partial charge on any atom is -0.374 e. The van der Waals surface area contributed by atoms with Gasteiger partial charge < -0.3 is 14.2 Å². The lowest BCUT2D eigenvalue weighted by molar-refractivity contribution is -0.0678. The summed E-state index contributed by atoms with van der Waals surface area (Å²) in [5, 5.41) is 10.4. The van der Waals surface area contributed by atoms with Crippen molar-refractivity contribution in [2.45, 2.75) is 58.1 Å². The van der Waals surface area contributed by atoms with Crippen molar-refractivity contribution >= 4 is 19.1 Å². The Morgan fingerprint density at radius 1 is 1.16 bits per heavy atom. The third-order valence-corrected chi connectivity index (χ3v) is 8.37. The number of rotatable bonds is 8. The minimum atomic E-state index is -1.18. The molecule has 11 heteroatoms. The van der Waals surface area contributed by atoms with Gasteiger partial charge in [0.25, 0.3) is 0 Å². The van der Waals surface area contributed by atoms with Crippen molar-refractivity contribution in [3.63, 3.8) is 0 Å². The molecule has 1 unspecified atom stereocenters. The third-order valence-electron chi connectivity index (χ3n) is 6.67. The Bertz CT molecular complexity index is 1400. The lowest BCUT2D eigenvalue weighted by Crippen LogP contribution is -2.36. The second-order valence-electron chi connectivity index (χ2n) is 10.9. The summed E-state index contributed by atoms with van der Waals surface area (Å²) in [7, 11) is 0.493. The van der Waals surface area contributed by atoms with Crippen molar-refractivity contribution in [3.8, 4) is 22.5 Å². The van der Waals surface area contributed by atoms with Crippen LogP contribution in [0.4, 0.5) is 4.39 Å². The fourth-order valence-corrected chi connectivity index (χ4v) is 5.18. The van der Waals surface area contributed by atoms with Crippen molar-refractivity contribution < 1.29 is 18.6 Å². The zero-order valence-electron chi connectivity index (χ0n) is 22.0. The first-order valence-electron chi connectivity index (χ1n) is 12.4. The van der Waals surface area contributed by atoms with Crippen molar-refractivity contribution in [1.29, 1.82) is 0 Å². The van der Waals surface area contributed by atoms with Gasteiger partial charge >= 0.3 is 0 Å². The van der Waals surface area contributed by atoms with Gasteiger partial charge in [0.15, 0.2) is 5.65 Å². The normalized spacial score (nSPS) is 18.2. The molecule has 4 aromatic heterocycles. The number of methoxy groups -OCH3 is 1. The van der Waals surface area contributed by atoms with Gasteiger partial charge in [-0.05, 0) is 31.2 Å². The molecule has 0 saturated heterocycles. The molecule has 0 bridgehead atoms. The monoisotopic (exact) mass is 524 g/mol. The van der Waals surface area contributed by atoms with Crippen LogP contribution in [-0.2, 0) is 34.1 Å². The van der Waals surface area contributed by atoms with Gasteiger partial charge in [0.05, 0.1) is 43.5 Å². The van der Waals surface area contributed by atoms with Crippen molar-refractivity contribution in [3.05, 3.63) is 48.3 Å². The number of ether oxygens (including phenoxy) is 3. The highest BCUT2D eigenvalue weighted by atomic mass is 28.3. The molecule has 1 aliphatic rings. The zero-order chi connectivity index (χ0) is 26.2. The Labute approximate surface area is 216 Å². The van der Waals surface area contributed by atoms with Crippen LogP contribution in [0.1, 0.15) is 12.6 Å². The van der Waals surface area contributed by atoms with E-state index < -0.39 is 19.5 Å². The largest absolute Gasteiger partial charge is 0.374 e. The predicted octanol–water partition coefficient (Wildman–Crippen LogP) is 4.74. The molecule has 0 fully saturated rings. The third kappa shape index (κ3) is 5.35. The molecule has 0 saturated carbocycles. The predicted molar refractivity (Wildman–Crippen MR) is 141 cm³/mol. The van der Waals surface area contributed by atoms with Gasteiger partial charge in [0, 0.05) is 44.5 Å². The van der Waals surface area contributed by atoms with Crippen molar-refractivity contribution in [2.24, 2.45) is 0 Å². The number of nitrogens with zero attached hydrogens (tertiary/aromatic N) is 6. The SMILES string of the molecule is COC1(C)COCc2c(-c3ccnc4c3cnn4COCC[Si](C)(C)C)c(-c3ccc(F)cn3)nn2C1. The molecule has 196 valence electrons. The van der Waals surface area contributed by atoms with E-state index in [0.717, 1.165) is 33.9 Å². The molecule has 1 aliphatic heterocycles. The van der Waals surface area contributed by atoms with E-state index in [1.807, 2.05) is 23.9 Å². The van der Waals surface area contributed by atoms with E-state index in [1.54, 1.807) is 24.1 Å². The number of pyridine rings is 2. The van der Waals surface area contributed by atoms with Gasteiger partial charge in [-0.25, -0.2) is 14.1 Å². The Hall–Kier alpha value is -2.99. The van der Waals surface area contributed by atoms with Crippen LogP contribution < -0.4 is 0 Å². The first kappa shape index (κ1) is 25.6. The second-order valence-corrected chi connectivity index (χ2v) is 16.5. The van der Waals surface area contributed by atoms with Gasteiger partial charge in [-0.1, -0.05) is 19.6 Å². The highest BCUT2D eigenvalue weighted by Crippen LogP contribution is 2.39. The Balaban J connectivity index is 1.59. The van der Waals surface area contributed by atoms with Crippen LogP contribution in [0, 0.1) is 5.82 Å². The summed E-state index contributed by atoms with van der Waals surface area (Å²) in [4.78, 5) is 8.94. The Kier molecular flexibility index (Phi) is 6.97. The van der Waals surface area contributed by atoms with Gasteiger partial charge in [0.2, 0.25) is 0 Å². The number of halogens is 1. The van der Waals surface area contributed by atoms with Crippen LogP contribution in [0.25, 0.3) is 33.5 Å². The van der Waals surface area contributed by atoms with Crippen molar-refractivity contribution in [1.82, 2.24) is 29.5 Å². The zero-order valence-corrected chi connectivity index (χ0v) is 23.0. The van der Waals surface area contributed by atoms with Gasteiger partial charge in [-0.15, -0.1) is 0 Å². The highest BCUT2D eigenvalue weighted by molar-refractivity contribution is 6.76. The van der Waals surface area contributed by atoms with E-state index in [0.29, 0.717) is 44.5 Å². The Morgan fingerprint density at radius 3 is 2.73 bits per heavy atom. The smallest absolute Gasteiger partial charge is 0.160 e. The van der Waals surface area contributed by atoms with E-state index in [4.69, 9.17) is 19.3 Å². The summed E-state index contributed by atoms with van der Waals surface area (Å²) in [5.74, 6) is -0.400. The van der Waals surface area contributed by atoms with Gasteiger partial charge in [-0.3, -0.25) is 9.67 Å². The standard InChI is InChI=1S/C26H33FN6O3Si/c1-26(34-2)15-32-22(14-36-16-26)23(24(31-32)21-7-6-18(27)12-29-21)19-8-9-28-25-20(19)13-30-33(25)17-35-10-11-37(3,4)5/h6-9,12-13H,10-11,14-17H2,1-5H3. The van der Waals surface area contributed by atoms with E-state index >= 15 is 0 Å². The van der Waals surface area contributed by atoms with Crippen LogP contribution in [-0.4, -0.2) is 63.5 Å². The molecule has 0 aliphatic carbocycles. The number of aromatic nitrogens is 6. The van der Waals surface area contributed by atoms with Crippen molar-refractivity contribution in [2.75, 3.05) is 20.3 Å². The number of fused-ring (bicyclic) bond motifs is 2. The van der Waals surface area contributed by atoms with Crippen LogP contribution in [0.3, 0.4) is 0 Å². The molecule has 37 heavy (non-hydrogen) atoms. The molecule has 4 aromatic rings. The molecule has 0 amide bonds. The summed E-state index contributed by atoms with van der Waals surface area (Å²) >= 11 is 0. The van der Waals surface area contributed by atoms with E-state index in [-0.39, 0.29) is 0 Å². The number of hydrogen-bond acceptors (Lipinski definition) is 7. The molecule has 0 N–H and O–H groups in total. The average molecular weight is 525 g/mol. The quantitative estimate of drug-likeness (QED) is 0.243. The molecular formula is C26H33FN6O3Si. The molecule has 5 rings (SSSR count). The van der Waals surface area contributed by atoms with E-state index in [1.165, 1.54) is 12.3 Å². The maximum absolute atomic E-state index is 13.7. The van der Waals surface area contributed by atoms with Crippen LogP contribution >= 0.6 is 0 Å². The topological polar surface area (TPSA) is 89.1 Å². The lowest BCUT2D eigenvalue weighted by atomic mass is 9.99.